The van der Waals surface area contributed by atoms with Crippen LogP contribution in [0.2, 0.25) is 10.0 Å². The first kappa shape index (κ1) is 23.2. The van der Waals surface area contributed by atoms with Gasteiger partial charge in [0.15, 0.2) is 11.0 Å². The summed E-state index contributed by atoms with van der Waals surface area (Å²) in [6.45, 7) is 8.73. The van der Waals surface area contributed by atoms with E-state index in [1.54, 1.807) is 18.2 Å². The Morgan fingerprint density at radius 3 is 2.58 bits per heavy atom. The van der Waals surface area contributed by atoms with Gasteiger partial charge in [0, 0.05) is 17.9 Å². The summed E-state index contributed by atoms with van der Waals surface area (Å²) < 4.78 is 1.93. The number of thioether (sulfide) groups is 1. The largest absolute Gasteiger partial charge is 0.378 e. The molecule has 9 heteroatoms. The average molecular weight is 476 g/mol. The number of aromatic nitrogens is 3. The zero-order valence-electron chi connectivity index (χ0n) is 17.3. The maximum absolute atomic E-state index is 12.5. The number of hydrogen-bond donors (Lipinski definition) is 2. The molecule has 2 N–H and O–H groups in total. The molecule has 0 fully saturated rings. The van der Waals surface area contributed by atoms with E-state index in [9.17, 15) is 4.79 Å². The topological polar surface area (TPSA) is 71.8 Å². The number of allylic oxidation sites excluding steroid dienone is 1. The summed E-state index contributed by atoms with van der Waals surface area (Å²) >= 11 is 13.4. The Bertz CT molecular complexity index is 1080. The van der Waals surface area contributed by atoms with Crippen LogP contribution in [-0.2, 0) is 17.9 Å². The van der Waals surface area contributed by atoms with Crippen LogP contribution in [0.25, 0.3) is 0 Å². The number of amides is 1. The fourth-order valence-electron chi connectivity index (χ4n) is 2.97. The molecule has 2 aromatic carbocycles. The fourth-order valence-corrected chi connectivity index (χ4v) is 4.04. The molecular weight excluding hydrogens is 453 g/mol. The summed E-state index contributed by atoms with van der Waals surface area (Å²) in [5.41, 5.74) is 3.74. The van der Waals surface area contributed by atoms with Gasteiger partial charge in [0.05, 0.1) is 22.3 Å². The Kier molecular flexibility index (Phi) is 8.01. The minimum absolute atomic E-state index is 0.0916. The van der Waals surface area contributed by atoms with Gasteiger partial charge in [0.25, 0.3) is 0 Å². The van der Waals surface area contributed by atoms with Crippen LogP contribution in [0, 0.1) is 13.8 Å². The third-order valence-electron chi connectivity index (χ3n) is 4.55. The van der Waals surface area contributed by atoms with E-state index in [0.717, 1.165) is 28.3 Å². The van der Waals surface area contributed by atoms with Crippen molar-refractivity contribution in [1.82, 2.24) is 14.8 Å². The zero-order valence-corrected chi connectivity index (χ0v) is 19.6. The summed E-state index contributed by atoms with van der Waals surface area (Å²) in [6.07, 6.45) is 1.77. The molecule has 3 rings (SSSR count). The molecule has 0 aliphatic rings. The van der Waals surface area contributed by atoms with Gasteiger partial charge >= 0.3 is 0 Å². The Labute approximate surface area is 196 Å². The van der Waals surface area contributed by atoms with Crippen LogP contribution >= 0.6 is 35.0 Å². The van der Waals surface area contributed by atoms with Gasteiger partial charge in [0.1, 0.15) is 0 Å². The van der Waals surface area contributed by atoms with Gasteiger partial charge in [-0.3, -0.25) is 4.79 Å². The summed E-state index contributed by atoms with van der Waals surface area (Å²) in [5.74, 6) is 0.859. The second kappa shape index (κ2) is 10.7. The number of aryl methyl sites for hydroxylation is 2. The quantitative estimate of drug-likeness (QED) is 0.305. The van der Waals surface area contributed by atoms with Crippen molar-refractivity contribution in [2.75, 3.05) is 16.4 Å². The van der Waals surface area contributed by atoms with Gasteiger partial charge in [-0.2, -0.15) is 0 Å². The Morgan fingerprint density at radius 2 is 1.90 bits per heavy atom. The molecule has 1 amide bonds. The number of hydrogen-bond acceptors (Lipinski definition) is 5. The van der Waals surface area contributed by atoms with E-state index < -0.39 is 0 Å². The highest BCUT2D eigenvalue weighted by Crippen LogP contribution is 2.26. The molecule has 0 atom stereocenters. The SMILES string of the molecule is C=CCn1c(CNc2ccc(Cl)c(Cl)c2)nnc1SCC(=O)Nc1c(C)cccc1C. The van der Waals surface area contributed by atoms with Crippen LogP contribution in [0.5, 0.6) is 0 Å². The number of benzene rings is 2. The zero-order chi connectivity index (χ0) is 22.4. The van der Waals surface area contributed by atoms with Crippen molar-refractivity contribution >= 4 is 52.2 Å². The van der Waals surface area contributed by atoms with Crippen LogP contribution in [-0.4, -0.2) is 26.4 Å². The predicted molar refractivity (Wildman–Crippen MR) is 129 cm³/mol. The van der Waals surface area contributed by atoms with Gasteiger partial charge in [-0.25, -0.2) is 0 Å². The average Bonchev–Trinajstić information content (AvgIpc) is 3.12. The molecule has 0 unspecified atom stereocenters. The highest BCUT2D eigenvalue weighted by Gasteiger charge is 2.14. The van der Waals surface area contributed by atoms with Crippen molar-refractivity contribution in [1.29, 1.82) is 0 Å². The van der Waals surface area contributed by atoms with E-state index in [0.29, 0.717) is 28.3 Å². The molecule has 0 saturated carbocycles. The molecule has 0 aliphatic carbocycles. The number of carbonyl (C=O) groups is 1. The van der Waals surface area contributed by atoms with Gasteiger partial charge < -0.3 is 15.2 Å². The number of rotatable bonds is 9. The third kappa shape index (κ3) is 6.03. The van der Waals surface area contributed by atoms with Gasteiger partial charge in [-0.1, -0.05) is 59.2 Å². The van der Waals surface area contributed by atoms with Crippen LogP contribution in [0.3, 0.4) is 0 Å². The van der Waals surface area contributed by atoms with E-state index in [2.05, 4.69) is 27.4 Å². The van der Waals surface area contributed by atoms with Crippen molar-refractivity contribution in [3.63, 3.8) is 0 Å². The molecule has 6 nitrogen and oxygen atoms in total. The molecule has 31 heavy (non-hydrogen) atoms. The first-order valence-corrected chi connectivity index (χ1v) is 11.3. The van der Waals surface area contributed by atoms with E-state index >= 15 is 0 Å². The number of para-hydroxylation sites is 1. The Morgan fingerprint density at radius 1 is 1.16 bits per heavy atom. The Balaban J connectivity index is 1.64. The first-order chi connectivity index (χ1) is 14.9. The second-order valence-corrected chi connectivity index (χ2v) is 8.64. The molecule has 0 radical (unpaired) electrons. The lowest BCUT2D eigenvalue weighted by Gasteiger charge is -2.12. The number of nitrogens with one attached hydrogen (secondary N) is 2. The van der Waals surface area contributed by atoms with Crippen molar-refractivity contribution in [2.24, 2.45) is 0 Å². The molecule has 0 bridgehead atoms. The normalized spacial score (nSPS) is 10.7. The maximum Gasteiger partial charge on any atom is 0.234 e. The molecule has 162 valence electrons. The smallest absolute Gasteiger partial charge is 0.234 e. The second-order valence-electron chi connectivity index (χ2n) is 6.88. The van der Waals surface area contributed by atoms with Gasteiger partial charge in [0.2, 0.25) is 5.91 Å². The highest BCUT2D eigenvalue weighted by molar-refractivity contribution is 7.99. The van der Waals surface area contributed by atoms with Crippen molar-refractivity contribution in [2.45, 2.75) is 32.1 Å². The Hall–Kier alpha value is -2.48. The van der Waals surface area contributed by atoms with Gasteiger partial charge in [-0.05, 0) is 43.2 Å². The molecule has 3 aromatic rings. The van der Waals surface area contributed by atoms with Crippen molar-refractivity contribution < 1.29 is 4.79 Å². The minimum Gasteiger partial charge on any atom is -0.378 e. The summed E-state index contributed by atoms with van der Waals surface area (Å²) in [6, 6.07) is 11.3. The van der Waals surface area contributed by atoms with Crippen LogP contribution in [0.4, 0.5) is 11.4 Å². The molecule has 1 heterocycles. The van der Waals surface area contributed by atoms with Crippen LogP contribution < -0.4 is 10.6 Å². The molecule has 1 aromatic heterocycles. The van der Waals surface area contributed by atoms with E-state index in [-0.39, 0.29) is 11.7 Å². The minimum atomic E-state index is -0.0916. The summed E-state index contributed by atoms with van der Waals surface area (Å²) in [7, 11) is 0. The maximum atomic E-state index is 12.5. The molecule has 0 aliphatic heterocycles. The van der Waals surface area contributed by atoms with E-state index in [1.807, 2.05) is 42.7 Å². The number of halogens is 2. The van der Waals surface area contributed by atoms with Crippen molar-refractivity contribution in [3.8, 4) is 0 Å². The van der Waals surface area contributed by atoms with Crippen LogP contribution in [0.1, 0.15) is 17.0 Å². The predicted octanol–water partition coefficient (Wildman–Crippen LogP) is 5.73. The van der Waals surface area contributed by atoms with Gasteiger partial charge in [-0.15, -0.1) is 16.8 Å². The fraction of sp³-hybridized carbons (Fsp3) is 0.227. The number of carbonyl (C=O) groups excluding carboxylic acids is 1. The van der Waals surface area contributed by atoms with E-state index in [1.165, 1.54) is 11.8 Å². The monoisotopic (exact) mass is 475 g/mol. The molecule has 0 spiro atoms. The summed E-state index contributed by atoms with van der Waals surface area (Å²) in [5, 5.41) is 16.4. The van der Waals surface area contributed by atoms with E-state index in [4.69, 9.17) is 23.2 Å². The van der Waals surface area contributed by atoms with Crippen molar-refractivity contribution in [3.05, 3.63) is 76.0 Å². The number of nitrogens with zero attached hydrogens (tertiary/aromatic N) is 3. The lowest BCUT2D eigenvalue weighted by molar-refractivity contribution is -0.113. The van der Waals surface area contributed by atoms with Crippen LogP contribution in [0.15, 0.2) is 54.2 Å². The lowest BCUT2D eigenvalue weighted by Crippen LogP contribution is -2.16. The molecule has 0 saturated heterocycles. The standard InChI is InChI=1S/C22H23Cl2N5OS/c1-4-10-29-19(12-25-16-8-9-17(23)18(24)11-16)27-28-22(29)31-13-20(30)26-21-14(2)6-5-7-15(21)3/h4-9,11,25H,1,10,12-13H2,2-3H3,(H,26,30). The highest BCUT2D eigenvalue weighted by atomic mass is 35.5. The third-order valence-corrected chi connectivity index (χ3v) is 6.26. The molecular formula is C22H23Cl2N5OS. The first-order valence-electron chi connectivity index (χ1n) is 9.59. The summed E-state index contributed by atoms with van der Waals surface area (Å²) in [4.78, 5) is 12.5. The lowest BCUT2D eigenvalue weighted by atomic mass is 10.1. The number of anilines is 2.